The lowest BCUT2D eigenvalue weighted by atomic mass is 9.96. The third kappa shape index (κ3) is 2.39. The summed E-state index contributed by atoms with van der Waals surface area (Å²) in [5.41, 5.74) is 2.68. The number of methoxy groups -OCH3 is 1. The van der Waals surface area contributed by atoms with Gasteiger partial charge < -0.3 is 14.6 Å². The summed E-state index contributed by atoms with van der Waals surface area (Å²) >= 11 is 0. The molecule has 2 aromatic rings. The largest absolute Gasteiger partial charge is 0.374 e. The Labute approximate surface area is 112 Å². The molecule has 3 rings (SSSR count). The molecule has 5 nitrogen and oxygen atoms in total. The molecule has 1 aromatic heterocycles. The number of aromatic nitrogens is 2. The minimum Gasteiger partial charge on any atom is -0.374 e. The number of rotatable bonds is 3. The summed E-state index contributed by atoms with van der Waals surface area (Å²) < 4.78 is 10.5. The van der Waals surface area contributed by atoms with Crippen molar-refractivity contribution in [2.24, 2.45) is 0 Å². The van der Waals surface area contributed by atoms with E-state index in [-0.39, 0.29) is 12.1 Å². The average Bonchev–Trinajstić information content (AvgIpc) is 2.95. The number of nitrogens with one attached hydrogen (secondary N) is 1. The van der Waals surface area contributed by atoms with Crippen LogP contribution in [-0.4, -0.2) is 17.3 Å². The van der Waals surface area contributed by atoms with E-state index in [0.717, 1.165) is 13.0 Å². The summed E-state index contributed by atoms with van der Waals surface area (Å²) in [6.07, 6.45) is 0.729. The summed E-state index contributed by atoms with van der Waals surface area (Å²) in [4.78, 5) is 4.41. The molecule has 1 aromatic carbocycles. The minimum absolute atomic E-state index is 0.0835. The van der Waals surface area contributed by atoms with Crippen LogP contribution in [0.25, 0.3) is 0 Å². The maximum Gasteiger partial charge on any atom is 0.244 e. The van der Waals surface area contributed by atoms with Crippen LogP contribution in [0.3, 0.4) is 0 Å². The molecule has 0 aliphatic carbocycles. The molecule has 0 amide bonds. The summed E-state index contributed by atoms with van der Waals surface area (Å²) in [7, 11) is 1.63. The maximum atomic E-state index is 5.34. The number of hydrogen-bond acceptors (Lipinski definition) is 5. The van der Waals surface area contributed by atoms with Gasteiger partial charge in [-0.3, -0.25) is 0 Å². The van der Waals surface area contributed by atoms with Gasteiger partial charge in [0.2, 0.25) is 5.89 Å². The van der Waals surface area contributed by atoms with Crippen LogP contribution in [0.5, 0.6) is 0 Å². The fourth-order valence-electron chi connectivity index (χ4n) is 2.29. The number of fused-ring (bicyclic) bond motifs is 1. The molecule has 19 heavy (non-hydrogen) atoms. The van der Waals surface area contributed by atoms with Crippen LogP contribution in [0.1, 0.15) is 41.9 Å². The quantitative estimate of drug-likeness (QED) is 0.915. The van der Waals surface area contributed by atoms with Crippen LogP contribution in [-0.2, 0) is 17.7 Å². The minimum atomic E-state index is -0.145. The van der Waals surface area contributed by atoms with Crippen molar-refractivity contribution in [3.05, 3.63) is 47.1 Å². The summed E-state index contributed by atoms with van der Waals surface area (Å²) in [6.45, 7) is 2.73. The van der Waals surface area contributed by atoms with Crippen molar-refractivity contribution < 1.29 is 9.26 Å². The van der Waals surface area contributed by atoms with Crippen LogP contribution in [0.15, 0.2) is 28.8 Å². The Hall–Kier alpha value is -1.72. The highest BCUT2D eigenvalue weighted by Crippen LogP contribution is 2.25. The van der Waals surface area contributed by atoms with Gasteiger partial charge in [0, 0.05) is 13.7 Å². The molecule has 1 N–H and O–H groups in total. The molecular formula is C14H17N3O2. The number of ether oxygens (including phenoxy) is 1. The molecule has 0 spiro atoms. The predicted octanol–water partition coefficient (Wildman–Crippen LogP) is 2.16. The van der Waals surface area contributed by atoms with E-state index in [9.17, 15) is 0 Å². The predicted molar refractivity (Wildman–Crippen MR) is 69.4 cm³/mol. The Balaban J connectivity index is 1.79. The SMILES string of the molecule is COC(C)c1noc(C2Cc3ccccc3CN2)n1. The molecule has 100 valence electrons. The second-order valence-electron chi connectivity index (χ2n) is 4.78. The van der Waals surface area contributed by atoms with Crippen LogP contribution in [0.2, 0.25) is 0 Å². The highest BCUT2D eigenvalue weighted by atomic mass is 16.5. The summed E-state index contributed by atoms with van der Waals surface area (Å²) in [6, 6.07) is 8.50. The van der Waals surface area contributed by atoms with E-state index in [0.29, 0.717) is 11.7 Å². The monoisotopic (exact) mass is 259 g/mol. The highest BCUT2D eigenvalue weighted by Gasteiger charge is 2.25. The molecule has 0 saturated carbocycles. The highest BCUT2D eigenvalue weighted by molar-refractivity contribution is 5.30. The molecule has 0 saturated heterocycles. The lowest BCUT2D eigenvalue weighted by Gasteiger charge is -2.23. The van der Waals surface area contributed by atoms with Crippen molar-refractivity contribution in [3.8, 4) is 0 Å². The van der Waals surface area contributed by atoms with E-state index in [1.54, 1.807) is 7.11 Å². The van der Waals surface area contributed by atoms with Gasteiger partial charge in [-0.25, -0.2) is 0 Å². The Morgan fingerprint density at radius 2 is 2.16 bits per heavy atom. The van der Waals surface area contributed by atoms with E-state index in [4.69, 9.17) is 9.26 Å². The zero-order chi connectivity index (χ0) is 13.2. The summed E-state index contributed by atoms with van der Waals surface area (Å²) in [5, 5.41) is 7.39. The van der Waals surface area contributed by atoms with Crippen molar-refractivity contribution in [1.29, 1.82) is 0 Å². The molecule has 0 fully saturated rings. The van der Waals surface area contributed by atoms with Crippen LogP contribution in [0.4, 0.5) is 0 Å². The van der Waals surface area contributed by atoms with E-state index >= 15 is 0 Å². The second kappa shape index (κ2) is 5.11. The first-order valence-corrected chi connectivity index (χ1v) is 6.44. The van der Waals surface area contributed by atoms with E-state index in [1.807, 2.05) is 6.92 Å². The number of nitrogens with zero attached hydrogens (tertiary/aromatic N) is 2. The van der Waals surface area contributed by atoms with Crippen molar-refractivity contribution >= 4 is 0 Å². The lowest BCUT2D eigenvalue weighted by molar-refractivity contribution is 0.109. The maximum absolute atomic E-state index is 5.34. The van der Waals surface area contributed by atoms with E-state index in [2.05, 4.69) is 39.7 Å². The molecule has 2 heterocycles. The standard InChI is InChI=1S/C14H17N3O2/c1-9(18-2)13-16-14(19-17-13)12-7-10-5-3-4-6-11(10)8-15-12/h3-6,9,12,15H,7-8H2,1-2H3. The molecule has 5 heteroatoms. The molecule has 2 unspecified atom stereocenters. The first-order chi connectivity index (χ1) is 9.28. The average molecular weight is 259 g/mol. The normalized spacial score (nSPS) is 20.0. The van der Waals surface area contributed by atoms with Gasteiger partial charge in [0.15, 0.2) is 5.82 Å². The van der Waals surface area contributed by atoms with Crippen LogP contribution < -0.4 is 5.32 Å². The van der Waals surface area contributed by atoms with Crippen molar-refractivity contribution in [3.63, 3.8) is 0 Å². The Morgan fingerprint density at radius 3 is 2.95 bits per heavy atom. The Bertz CT molecular complexity index is 567. The van der Waals surface area contributed by atoms with Gasteiger partial charge in [-0.15, -0.1) is 0 Å². The Kier molecular flexibility index (Phi) is 3.31. The first-order valence-electron chi connectivity index (χ1n) is 6.44. The fraction of sp³-hybridized carbons (Fsp3) is 0.429. The molecule has 0 radical (unpaired) electrons. The summed E-state index contributed by atoms with van der Waals surface area (Å²) in [5.74, 6) is 1.23. The number of hydrogen-bond donors (Lipinski definition) is 1. The van der Waals surface area contributed by atoms with Crippen molar-refractivity contribution in [2.75, 3.05) is 7.11 Å². The topological polar surface area (TPSA) is 60.2 Å². The smallest absolute Gasteiger partial charge is 0.244 e. The Morgan fingerprint density at radius 1 is 1.37 bits per heavy atom. The zero-order valence-electron chi connectivity index (χ0n) is 11.1. The fourth-order valence-corrected chi connectivity index (χ4v) is 2.29. The van der Waals surface area contributed by atoms with Crippen LogP contribution >= 0.6 is 0 Å². The van der Waals surface area contributed by atoms with Gasteiger partial charge in [0.25, 0.3) is 0 Å². The molecule has 0 bridgehead atoms. The third-order valence-electron chi connectivity index (χ3n) is 3.55. The molecule has 1 aliphatic rings. The molecule has 1 aliphatic heterocycles. The van der Waals surface area contributed by atoms with E-state index in [1.165, 1.54) is 11.1 Å². The van der Waals surface area contributed by atoms with Gasteiger partial charge in [-0.1, -0.05) is 29.4 Å². The first kappa shape index (κ1) is 12.3. The van der Waals surface area contributed by atoms with Crippen molar-refractivity contribution in [1.82, 2.24) is 15.5 Å². The lowest BCUT2D eigenvalue weighted by Crippen LogP contribution is -2.28. The van der Waals surface area contributed by atoms with E-state index < -0.39 is 0 Å². The number of benzene rings is 1. The van der Waals surface area contributed by atoms with Crippen LogP contribution in [0, 0.1) is 0 Å². The molecular weight excluding hydrogens is 242 g/mol. The van der Waals surface area contributed by atoms with Gasteiger partial charge >= 0.3 is 0 Å². The van der Waals surface area contributed by atoms with Gasteiger partial charge in [0.1, 0.15) is 6.10 Å². The van der Waals surface area contributed by atoms with Gasteiger partial charge in [-0.2, -0.15) is 4.98 Å². The molecule has 2 atom stereocenters. The van der Waals surface area contributed by atoms with Gasteiger partial charge in [0.05, 0.1) is 6.04 Å². The van der Waals surface area contributed by atoms with Crippen molar-refractivity contribution in [2.45, 2.75) is 32.0 Å². The van der Waals surface area contributed by atoms with Gasteiger partial charge in [-0.05, 0) is 24.5 Å². The second-order valence-corrected chi connectivity index (χ2v) is 4.78. The third-order valence-corrected chi connectivity index (χ3v) is 3.55. The zero-order valence-corrected chi connectivity index (χ0v) is 11.1.